The predicted molar refractivity (Wildman–Crippen MR) is 102 cm³/mol. The lowest BCUT2D eigenvalue weighted by molar-refractivity contribution is 0.0513. The number of rotatable bonds is 6. The van der Waals surface area contributed by atoms with Crippen LogP contribution in [0.1, 0.15) is 54.2 Å². The molecule has 0 saturated heterocycles. The zero-order valence-corrected chi connectivity index (χ0v) is 15.9. The van der Waals surface area contributed by atoms with E-state index in [1.54, 1.807) is 36.9 Å². The van der Waals surface area contributed by atoms with Gasteiger partial charge in [0.05, 0.1) is 6.61 Å². The zero-order valence-electron chi connectivity index (χ0n) is 15.9. The van der Waals surface area contributed by atoms with Gasteiger partial charge in [-0.25, -0.2) is 4.79 Å². The minimum absolute atomic E-state index is 0.00572. The first-order valence-corrected chi connectivity index (χ1v) is 9.46. The third-order valence-corrected chi connectivity index (χ3v) is 5.26. The lowest BCUT2D eigenvalue weighted by Crippen LogP contribution is -2.31. The Kier molecular flexibility index (Phi) is 5.63. The number of ether oxygens (including phenoxy) is 1. The number of aromatic nitrogens is 2. The fourth-order valence-corrected chi connectivity index (χ4v) is 4.04. The summed E-state index contributed by atoms with van der Waals surface area (Å²) in [5, 5.41) is 14.1. The molecule has 1 heterocycles. The molecule has 144 valence electrons. The van der Waals surface area contributed by atoms with E-state index in [1.807, 2.05) is 12.1 Å². The average Bonchev–Trinajstić information content (AvgIpc) is 3.06. The number of nitrogens with zero attached hydrogens (tertiary/aromatic N) is 2. The molecule has 3 rings (SSSR count). The summed E-state index contributed by atoms with van der Waals surface area (Å²) in [5.74, 6) is -0.407. The Morgan fingerprint density at radius 1 is 1.33 bits per heavy atom. The number of benzene rings is 1. The van der Waals surface area contributed by atoms with Gasteiger partial charge < -0.3 is 9.84 Å². The smallest absolute Gasteiger partial charge is 0.362 e. The molecule has 0 aliphatic heterocycles. The van der Waals surface area contributed by atoms with E-state index in [1.165, 1.54) is 0 Å². The number of esters is 1. The summed E-state index contributed by atoms with van der Waals surface area (Å²) in [6.45, 7) is 4.22. The van der Waals surface area contributed by atoms with E-state index in [0.29, 0.717) is 12.1 Å². The Bertz CT molecular complexity index is 882. The summed E-state index contributed by atoms with van der Waals surface area (Å²) in [6.07, 6.45) is 6.91. The van der Waals surface area contributed by atoms with Crippen LogP contribution in [0.5, 0.6) is 5.75 Å². The first-order valence-electron chi connectivity index (χ1n) is 9.46. The molecule has 0 amide bonds. The number of carbonyl (C=O) groups is 1. The maximum atomic E-state index is 12.3. The monoisotopic (exact) mass is 370 g/mol. The van der Waals surface area contributed by atoms with E-state index in [-0.39, 0.29) is 28.9 Å². The molecular formula is C21H26N2O4. The highest BCUT2D eigenvalue weighted by Crippen LogP contribution is 2.42. The normalized spacial score (nSPS) is 15.6. The van der Waals surface area contributed by atoms with E-state index >= 15 is 0 Å². The molecular weight excluding hydrogens is 344 g/mol. The van der Waals surface area contributed by atoms with Crippen molar-refractivity contribution in [3.63, 3.8) is 0 Å². The number of aromatic hydroxyl groups is 1. The van der Waals surface area contributed by atoms with Crippen LogP contribution >= 0.6 is 0 Å². The van der Waals surface area contributed by atoms with Gasteiger partial charge in [0.2, 0.25) is 11.1 Å². The molecule has 1 N–H and O–H groups in total. The molecule has 1 aromatic carbocycles. The molecule has 0 bridgehead atoms. The second kappa shape index (κ2) is 7.94. The SMILES string of the molecule is CCOC(=O)c1nn(CC2(Cc3cccc(O)c3)CCCC2)cc(C)c1=O. The number of phenolic OH excluding ortho intramolecular Hbond substituents is 1. The zero-order chi connectivity index (χ0) is 19.4. The molecule has 0 atom stereocenters. The third kappa shape index (κ3) is 4.38. The van der Waals surface area contributed by atoms with Crippen LogP contribution in [0.2, 0.25) is 0 Å². The lowest BCUT2D eigenvalue weighted by Gasteiger charge is -2.30. The summed E-state index contributed by atoms with van der Waals surface area (Å²) in [4.78, 5) is 24.4. The quantitative estimate of drug-likeness (QED) is 0.790. The summed E-state index contributed by atoms with van der Waals surface area (Å²) >= 11 is 0. The van der Waals surface area contributed by atoms with Crippen molar-refractivity contribution in [1.29, 1.82) is 0 Å². The highest BCUT2D eigenvalue weighted by Gasteiger charge is 2.35. The average molecular weight is 370 g/mol. The molecule has 1 aromatic heterocycles. The van der Waals surface area contributed by atoms with Gasteiger partial charge in [-0.15, -0.1) is 0 Å². The van der Waals surface area contributed by atoms with E-state index in [4.69, 9.17) is 4.74 Å². The van der Waals surface area contributed by atoms with Crippen molar-refractivity contribution in [1.82, 2.24) is 9.78 Å². The van der Waals surface area contributed by atoms with Crippen molar-refractivity contribution >= 4 is 5.97 Å². The number of phenols is 1. The van der Waals surface area contributed by atoms with Crippen molar-refractivity contribution in [2.24, 2.45) is 5.41 Å². The van der Waals surface area contributed by atoms with Gasteiger partial charge in [-0.1, -0.05) is 25.0 Å². The predicted octanol–water partition coefficient (Wildman–Crippen LogP) is 3.24. The number of carbonyl (C=O) groups excluding carboxylic acids is 1. The summed E-state index contributed by atoms with van der Waals surface area (Å²) in [5.41, 5.74) is 1.04. The molecule has 1 aliphatic rings. The Labute approximate surface area is 158 Å². The van der Waals surface area contributed by atoms with E-state index in [9.17, 15) is 14.7 Å². The fraction of sp³-hybridized carbons (Fsp3) is 0.476. The molecule has 6 heteroatoms. The van der Waals surface area contributed by atoms with Gasteiger partial charge in [0.15, 0.2) is 0 Å². The Hall–Kier alpha value is -2.63. The minimum atomic E-state index is -0.673. The van der Waals surface area contributed by atoms with Crippen LogP contribution < -0.4 is 5.43 Å². The van der Waals surface area contributed by atoms with Crippen molar-refractivity contribution in [2.45, 2.75) is 52.5 Å². The third-order valence-electron chi connectivity index (χ3n) is 5.26. The minimum Gasteiger partial charge on any atom is -0.508 e. The topological polar surface area (TPSA) is 81.4 Å². The van der Waals surface area contributed by atoms with Crippen LogP contribution in [0.15, 0.2) is 35.3 Å². The molecule has 2 aromatic rings. The van der Waals surface area contributed by atoms with Crippen molar-refractivity contribution in [3.8, 4) is 5.75 Å². The van der Waals surface area contributed by atoms with Gasteiger partial charge in [-0.05, 0) is 56.2 Å². The summed E-state index contributed by atoms with van der Waals surface area (Å²) < 4.78 is 6.70. The highest BCUT2D eigenvalue weighted by molar-refractivity contribution is 5.87. The standard InChI is InChI=1S/C21H26N2O4/c1-3-27-20(26)18-19(25)15(2)13-23(22-18)14-21(9-4-5-10-21)12-16-7-6-8-17(24)11-16/h6-8,11,13,24H,3-5,9-10,12,14H2,1-2H3. The Balaban J connectivity index is 1.91. The maximum Gasteiger partial charge on any atom is 0.362 e. The van der Waals surface area contributed by atoms with Crippen LogP contribution in [0, 0.1) is 12.3 Å². The van der Waals surface area contributed by atoms with Crippen LogP contribution in [-0.2, 0) is 17.7 Å². The second-order valence-electron chi connectivity index (χ2n) is 7.46. The largest absolute Gasteiger partial charge is 0.508 e. The molecule has 1 saturated carbocycles. The summed E-state index contributed by atoms with van der Waals surface area (Å²) in [7, 11) is 0. The Morgan fingerprint density at radius 3 is 2.74 bits per heavy atom. The maximum absolute atomic E-state index is 12.3. The Morgan fingerprint density at radius 2 is 2.07 bits per heavy atom. The van der Waals surface area contributed by atoms with Gasteiger partial charge in [-0.3, -0.25) is 9.48 Å². The van der Waals surface area contributed by atoms with Gasteiger partial charge in [0.25, 0.3) is 0 Å². The molecule has 1 fully saturated rings. The van der Waals surface area contributed by atoms with Crippen molar-refractivity contribution in [2.75, 3.05) is 6.61 Å². The van der Waals surface area contributed by atoms with Crippen LogP contribution in [0.25, 0.3) is 0 Å². The van der Waals surface area contributed by atoms with Gasteiger partial charge in [0, 0.05) is 18.3 Å². The molecule has 1 aliphatic carbocycles. The molecule has 6 nitrogen and oxygen atoms in total. The second-order valence-corrected chi connectivity index (χ2v) is 7.46. The van der Waals surface area contributed by atoms with Crippen molar-refractivity contribution in [3.05, 3.63) is 57.5 Å². The first kappa shape index (κ1) is 19.1. The van der Waals surface area contributed by atoms with E-state index in [0.717, 1.165) is 37.7 Å². The van der Waals surface area contributed by atoms with Crippen LogP contribution in [0.3, 0.4) is 0 Å². The molecule has 0 spiro atoms. The van der Waals surface area contributed by atoms with Gasteiger partial charge in [-0.2, -0.15) is 5.10 Å². The van der Waals surface area contributed by atoms with Crippen LogP contribution in [0.4, 0.5) is 0 Å². The molecule has 0 unspecified atom stereocenters. The number of hydrogen-bond donors (Lipinski definition) is 1. The van der Waals surface area contributed by atoms with E-state index in [2.05, 4.69) is 5.10 Å². The van der Waals surface area contributed by atoms with Gasteiger partial charge >= 0.3 is 5.97 Å². The first-order chi connectivity index (χ1) is 12.9. The van der Waals surface area contributed by atoms with Crippen molar-refractivity contribution < 1.29 is 14.6 Å². The highest BCUT2D eigenvalue weighted by atomic mass is 16.5. The number of hydrogen-bond acceptors (Lipinski definition) is 5. The van der Waals surface area contributed by atoms with Gasteiger partial charge in [0.1, 0.15) is 5.75 Å². The summed E-state index contributed by atoms with van der Waals surface area (Å²) in [6, 6.07) is 7.35. The molecule has 0 radical (unpaired) electrons. The lowest BCUT2D eigenvalue weighted by atomic mass is 9.80. The fourth-order valence-electron chi connectivity index (χ4n) is 4.04. The van der Waals surface area contributed by atoms with Crippen LogP contribution in [-0.4, -0.2) is 27.5 Å². The molecule has 27 heavy (non-hydrogen) atoms. The number of aryl methyl sites for hydroxylation is 1. The van der Waals surface area contributed by atoms with E-state index < -0.39 is 5.97 Å².